The second kappa shape index (κ2) is 8.58. The molecular weight excluding hydrogens is 376 g/mol. The van der Waals surface area contributed by atoms with Gasteiger partial charge in [0.2, 0.25) is 0 Å². The van der Waals surface area contributed by atoms with Gasteiger partial charge >= 0.3 is 0 Å². The highest BCUT2D eigenvalue weighted by molar-refractivity contribution is 7.92. The van der Waals surface area contributed by atoms with Crippen LogP contribution in [0.3, 0.4) is 0 Å². The van der Waals surface area contributed by atoms with Crippen molar-refractivity contribution in [3.05, 3.63) is 84.4 Å². The molecule has 0 heterocycles. The van der Waals surface area contributed by atoms with Gasteiger partial charge in [-0.2, -0.15) is 0 Å². The Bertz CT molecular complexity index is 1050. The van der Waals surface area contributed by atoms with E-state index >= 15 is 0 Å². The van der Waals surface area contributed by atoms with Crippen LogP contribution in [-0.4, -0.2) is 20.9 Å². The molecule has 0 aliphatic heterocycles. The van der Waals surface area contributed by atoms with E-state index in [0.29, 0.717) is 29.3 Å². The maximum Gasteiger partial charge on any atom is 0.261 e. The van der Waals surface area contributed by atoms with Crippen molar-refractivity contribution in [2.45, 2.75) is 11.8 Å². The lowest BCUT2D eigenvalue weighted by Gasteiger charge is -2.12. The third-order valence-electron chi connectivity index (χ3n) is 3.89. The summed E-state index contributed by atoms with van der Waals surface area (Å²) in [5, 5.41) is 2.78. The number of benzene rings is 3. The van der Waals surface area contributed by atoms with Crippen LogP contribution in [0.25, 0.3) is 0 Å². The van der Waals surface area contributed by atoms with Gasteiger partial charge in [-0.15, -0.1) is 0 Å². The zero-order valence-corrected chi connectivity index (χ0v) is 16.1. The number of anilines is 2. The lowest BCUT2D eigenvalue weighted by Crippen LogP contribution is -2.15. The Hall–Kier alpha value is -3.32. The predicted octanol–water partition coefficient (Wildman–Crippen LogP) is 4.14. The molecule has 0 atom stereocenters. The first-order chi connectivity index (χ1) is 13.5. The average Bonchev–Trinajstić information content (AvgIpc) is 2.70. The lowest BCUT2D eigenvalue weighted by molar-refractivity contribution is 0.102. The molecule has 3 rings (SSSR count). The number of carbonyl (C=O) groups excluding carboxylic acids is 1. The van der Waals surface area contributed by atoms with E-state index < -0.39 is 10.0 Å². The van der Waals surface area contributed by atoms with Crippen molar-refractivity contribution < 1.29 is 17.9 Å². The third kappa shape index (κ3) is 4.69. The SMILES string of the molecule is CCOc1ccccc1NC(=O)c1ccc(S(=O)(=O)Nc2ccccc2)cc1. The van der Waals surface area contributed by atoms with Crippen LogP contribution >= 0.6 is 0 Å². The molecule has 1 amide bonds. The Balaban J connectivity index is 1.74. The number of hydrogen-bond acceptors (Lipinski definition) is 4. The molecule has 2 N–H and O–H groups in total. The molecule has 0 spiro atoms. The van der Waals surface area contributed by atoms with Crippen LogP contribution in [0.4, 0.5) is 11.4 Å². The minimum absolute atomic E-state index is 0.0719. The summed E-state index contributed by atoms with van der Waals surface area (Å²) in [5.41, 5.74) is 1.36. The Morgan fingerprint density at radius 3 is 2.21 bits per heavy atom. The second-order valence-corrected chi connectivity index (χ2v) is 7.56. The van der Waals surface area contributed by atoms with E-state index in [4.69, 9.17) is 4.74 Å². The summed E-state index contributed by atoms with van der Waals surface area (Å²) < 4.78 is 32.9. The van der Waals surface area contributed by atoms with E-state index in [1.54, 1.807) is 48.5 Å². The number of nitrogens with one attached hydrogen (secondary N) is 2. The zero-order valence-electron chi connectivity index (χ0n) is 15.3. The van der Waals surface area contributed by atoms with Crippen LogP contribution in [0.2, 0.25) is 0 Å². The van der Waals surface area contributed by atoms with Gasteiger partial charge in [0, 0.05) is 11.3 Å². The van der Waals surface area contributed by atoms with Crippen molar-refractivity contribution in [2.24, 2.45) is 0 Å². The number of para-hydroxylation sites is 3. The summed E-state index contributed by atoms with van der Waals surface area (Å²) in [6.45, 7) is 2.34. The zero-order chi connectivity index (χ0) is 20.0. The molecule has 0 bridgehead atoms. The summed E-state index contributed by atoms with van der Waals surface area (Å²) >= 11 is 0. The number of sulfonamides is 1. The van der Waals surface area contributed by atoms with Crippen LogP contribution in [-0.2, 0) is 10.0 Å². The fourth-order valence-electron chi connectivity index (χ4n) is 2.55. The van der Waals surface area contributed by atoms with Crippen LogP contribution < -0.4 is 14.8 Å². The molecule has 7 heteroatoms. The fraction of sp³-hybridized carbons (Fsp3) is 0.0952. The molecule has 144 valence electrons. The largest absolute Gasteiger partial charge is 0.492 e. The van der Waals surface area contributed by atoms with E-state index in [1.807, 2.05) is 13.0 Å². The lowest BCUT2D eigenvalue weighted by atomic mass is 10.2. The van der Waals surface area contributed by atoms with Crippen molar-refractivity contribution in [3.63, 3.8) is 0 Å². The van der Waals surface area contributed by atoms with Gasteiger partial charge in [-0.25, -0.2) is 8.42 Å². The average molecular weight is 396 g/mol. The Morgan fingerprint density at radius 1 is 0.893 bits per heavy atom. The van der Waals surface area contributed by atoms with Gasteiger partial charge in [-0.1, -0.05) is 30.3 Å². The van der Waals surface area contributed by atoms with Gasteiger partial charge in [0.15, 0.2) is 0 Å². The predicted molar refractivity (Wildman–Crippen MR) is 109 cm³/mol. The van der Waals surface area contributed by atoms with Gasteiger partial charge in [-0.05, 0) is 55.5 Å². The molecule has 0 saturated heterocycles. The number of ether oxygens (including phenoxy) is 1. The summed E-state index contributed by atoms with van der Waals surface area (Å²) in [6.07, 6.45) is 0. The normalized spacial score (nSPS) is 10.9. The molecule has 3 aromatic carbocycles. The summed E-state index contributed by atoms with van der Waals surface area (Å²) in [4.78, 5) is 12.6. The number of hydrogen-bond donors (Lipinski definition) is 2. The van der Waals surface area contributed by atoms with E-state index in [0.717, 1.165) is 0 Å². The standard InChI is InChI=1S/C21H20N2O4S/c1-2-27-20-11-7-6-10-19(20)22-21(24)16-12-14-18(15-13-16)28(25,26)23-17-8-4-3-5-9-17/h3-15,23H,2H2,1H3,(H,22,24). The molecule has 0 unspecified atom stereocenters. The molecule has 28 heavy (non-hydrogen) atoms. The van der Waals surface area contributed by atoms with Gasteiger partial charge in [0.25, 0.3) is 15.9 Å². The molecule has 0 aliphatic carbocycles. The van der Waals surface area contributed by atoms with Crippen molar-refractivity contribution in [1.29, 1.82) is 0 Å². The maximum atomic E-state index is 12.5. The van der Waals surface area contributed by atoms with Gasteiger partial charge in [-0.3, -0.25) is 9.52 Å². The molecule has 0 aliphatic rings. The highest BCUT2D eigenvalue weighted by Gasteiger charge is 2.16. The monoisotopic (exact) mass is 396 g/mol. The highest BCUT2D eigenvalue weighted by Crippen LogP contribution is 2.24. The Morgan fingerprint density at radius 2 is 1.54 bits per heavy atom. The van der Waals surface area contributed by atoms with Crippen molar-refractivity contribution in [2.75, 3.05) is 16.6 Å². The summed E-state index contributed by atoms with van der Waals surface area (Å²) in [5.74, 6) is 0.219. The minimum Gasteiger partial charge on any atom is -0.492 e. The number of amides is 1. The first-order valence-electron chi connectivity index (χ1n) is 8.71. The Labute approximate surface area is 164 Å². The second-order valence-electron chi connectivity index (χ2n) is 5.88. The van der Waals surface area contributed by atoms with E-state index in [1.165, 1.54) is 24.3 Å². The summed E-state index contributed by atoms with van der Waals surface area (Å²) in [6, 6.07) is 21.5. The maximum absolute atomic E-state index is 12.5. The highest BCUT2D eigenvalue weighted by atomic mass is 32.2. The van der Waals surface area contributed by atoms with Gasteiger partial charge in [0.1, 0.15) is 5.75 Å². The Kier molecular flexibility index (Phi) is 5.96. The molecular formula is C21H20N2O4S. The molecule has 0 radical (unpaired) electrons. The molecule has 0 fully saturated rings. The van der Waals surface area contributed by atoms with Crippen LogP contribution in [0.15, 0.2) is 83.8 Å². The molecule has 3 aromatic rings. The minimum atomic E-state index is -3.73. The van der Waals surface area contributed by atoms with Crippen molar-refractivity contribution in [1.82, 2.24) is 0 Å². The number of rotatable bonds is 7. The van der Waals surface area contributed by atoms with Crippen molar-refractivity contribution >= 4 is 27.3 Å². The molecule has 0 saturated carbocycles. The van der Waals surface area contributed by atoms with Crippen LogP contribution in [0.1, 0.15) is 17.3 Å². The number of carbonyl (C=O) groups is 1. The molecule has 6 nitrogen and oxygen atoms in total. The van der Waals surface area contributed by atoms with Crippen molar-refractivity contribution in [3.8, 4) is 5.75 Å². The van der Waals surface area contributed by atoms with E-state index in [2.05, 4.69) is 10.0 Å². The topological polar surface area (TPSA) is 84.5 Å². The third-order valence-corrected chi connectivity index (χ3v) is 5.29. The fourth-order valence-corrected chi connectivity index (χ4v) is 3.61. The first-order valence-corrected chi connectivity index (χ1v) is 10.2. The quantitative estimate of drug-likeness (QED) is 0.629. The first kappa shape index (κ1) is 19.4. The van der Waals surface area contributed by atoms with E-state index in [9.17, 15) is 13.2 Å². The smallest absolute Gasteiger partial charge is 0.261 e. The van der Waals surface area contributed by atoms with Gasteiger partial charge in [0.05, 0.1) is 17.2 Å². The van der Waals surface area contributed by atoms with Crippen LogP contribution in [0.5, 0.6) is 5.75 Å². The van der Waals surface area contributed by atoms with Crippen LogP contribution in [0, 0.1) is 0 Å². The summed E-state index contributed by atoms with van der Waals surface area (Å²) in [7, 11) is -3.73. The van der Waals surface area contributed by atoms with E-state index in [-0.39, 0.29) is 10.8 Å². The molecule has 0 aromatic heterocycles. The van der Waals surface area contributed by atoms with Gasteiger partial charge < -0.3 is 10.1 Å².